The van der Waals surface area contributed by atoms with Gasteiger partial charge in [-0.25, -0.2) is 0 Å². The van der Waals surface area contributed by atoms with Crippen LogP contribution in [0.5, 0.6) is 0 Å². The smallest absolute Gasteiger partial charge is 0.253 e. The summed E-state index contributed by atoms with van der Waals surface area (Å²) >= 11 is 0. The zero-order chi connectivity index (χ0) is 22.2. The maximum Gasteiger partial charge on any atom is 0.253 e. The van der Waals surface area contributed by atoms with Crippen molar-refractivity contribution in [3.8, 4) is 0 Å². The molecule has 2 aliphatic rings. The molecule has 1 amide bonds. The number of amides is 1. The number of aliphatic hydroxyl groups excluding tert-OH is 1. The summed E-state index contributed by atoms with van der Waals surface area (Å²) in [7, 11) is 3.83. The van der Waals surface area contributed by atoms with E-state index in [-0.39, 0.29) is 11.9 Å². The number of allylic oxidation sites excluding steroid dienone is 2. The molecular formula is C25H34N4O2. The molecule has 3 rings (SSSR count). The molecule has 2 aliphatic heterocycles. The van der Waals surface area contributed by atoms with Gasteiger partial charge in [-0.2, -0.15) is 0 Å². The van der Waals surface area contributed by atoms with Crippen molar-refractivity contribution in [3.05, 3.63) is 83.2 Å². The van der Waals surface area contributed by atoms with E-state index < -0.39 is 6.10 Å². The molecule has 0 saturated heterocycles. The summed E-state index contributed by atoms with van der Waals surface area (Å²) in [6, 6.07) is 8.04. The third-order valence-electron chi connectivity index (χ3n) is 5.53. The standard InChI is InChI=1S/C25H34N4O2/c1-19(27-16-24(30)23-7-5-13-28(2)18-23)14-20-8-10-22(11-9-20)25(31)29(3)17-21-6-4-12-26-15-21/h4-11,13,15,19,24,26-27,30H,12,14,16-18H2,1-3H3. The fourth-order valence-corrected chi connectivity index (χ4v) is 3.76. The Bertz CT molecular complexity index is 870. The Morgan fingerprint density at radius 3 is 2.77 bits per heavy atom. The van der Waals surface area contributed by atoms with Gasteiger partial charge in [0.25, 0.3) is 5.91 Å². The molecule has 6 nitrogen and oxygen atoms in total. The second-order valence-corrected chi connectivity index (χ2v) is 8.42. The number of likely N-dealkylation sites (N-methyl/N-ethyl adjacent to an activating group) is 2. The van der Waals surface area contributed by atoms with Crippen LogP contribution in [0, 0.1) is 0 Å². The summed E-state index contributed by atoms with van der Waals surface area (Å²) in [6.07, 6.45) is 12.4. The minimum absolute atomic E-state index is 0.0143. The maximum absolute atomic E-state index is 12.7. The van der Waals surface area contributed by atoms with Crippen molar-refractivity contribution in [3.63, 3.8) is 0 Å². The summed E-state index contributed by atoms with van der Waals surface area (Å²) in [5, 5.41) is 17.0. The molecule has 0 radical (unpaired) electrons. The number of nitrogens with one attached hydrogen (secondary N) is 2. The van der Waals surface area contributed by atoms with Crippen LogP contribution < -0.4 is 10.6 Å². The van der Waals surface area contributed by atoms with Crippen LogP contribution in [0.15, 0.2) is 72.1 Å². The fraction of sp³-hybridized carbons (Fsp3) is 0.400. The number of rotatable bonds is 9. The van der Waals surface area contributed by atoms with Crippen LogP contribution in [-0.4, -0.2) is 73.2 Å². The van der Waals surface area contributed by atoms with Crippen LogP contribution >= 0.6 is 0 Å². The van der Waals surface area contributed by atoms with E-state index in [0.717, 1.165) is 36.2 Å². The van der Waals surface area contributed by atoms with Gasteiger partial charge in [0.15, 0.2) is 0 Å². The summed E-state index contributed by atoms with van der Waals surface area (Å²) in [6.45, 7) is 4.80. The lowest BCUT2D eigenvalue weighted by Crippen LogP contribution is -2.37. The maximum atomic E-state index is 12.7. The third kappa shape index (κ3) is 6.84. The predicted octanol–water partition coefficient (Wildman–Crippen LogP) is 2.07. The van der Waals surface area contributed by atoms with E-state index >= 15 is 0 Å². The van der Waals surface area contributed by atoms with E-state index in [1.54, 1.807) is 4.90 Å². The Hall–Kier alpha value is -2.83. The van der Waals surface area contributed by atoms with E-state index in [0.29, 0.717) is 18.7 Å². The van der Waals surface area contributed by atoms with Crippen LogP contribution in [0.1, 0.15) is 22.8 Å². The van der Waals surface area contributed by atoms with Crippen LogP contribution in [-0.2, 0) is 6.42 Å². The Morgan fingerprint density at radius 1 is 1.32 bits per heavy atom. The topological polar surface area (TPSA) is 67.8 Å². The summed E-state index contributed by atoms with van der Waals surface area (Å²) in [5.41, 5.74) is 3.96. The normalized spacial score (nSPS) is 17.5. The zero-order valence-electron chi connectivity index (χ0n) is 18.7. The fourth-order valence-electron chi connectivity index (χ4n) is 3.76. The van der Waals surface area contributed by atoms with Gasteiger partial charge in [0.2, 0.25) is 0 Å². The molecule has 166 valence electrons. The first-order valence-electron chi connectivity index (χ1n) is 10.8. The molecular weight excluding hydrogens is 388 g/mol. The van der Waals surface area contributed by atoms with Crippen molar-refractivity contribution in [2.75, 3.05) is 40.3 Å². The van der Waals surface area contributed by atoms with Gasteiger partial charge < -0.3 is 25.5 Å². The number of hydrogen-bond acceptors (Lipinski definition) is 5. The molecule has 0 bridgehead atoms. The largest absolute Gasteiger partial charge is 0.387 e. The lowest BCUT2D eigenvalue weighted by Gasteiger charge is -2.25. The van der Waals surface area contributed by atoms with Crippen molar-refractivity contribution >= 4 is 5.91 Å². The third-order valence-corrected chi connectivity index (χ3v) is 5.53. The van der Waals surface area contributed by atoms with Gasteiger partial charge in [0.05, 0.1) is 6.10 Å². The summed E-state index contributed by atoms with van der Waals surface area (Å²) < 4.78 is 0. The average Bonchev–Trinajstić information content (AvgIpc) is 2.78. The molecule has 6 heteroatoms. The molecule has 31 heavy (non-hydrogen) atoms. The van der Waals surface area contributed by atoms with Crippen molar-refractivity contribution in [1.82, 2.24) is 20.4 Å². The first kappa shape index (κ1) is 22.8. The first-order valence-corrected chi connectivity index (χ1v) is 10.8. The van der Waals surface area contributed by atoms with Crippen molar-refractivity contribution in [1.29, 1.82) is 0 Å². The van der Waals surface area contributed by atoms with E-state index in [2.05, 4.69) is 34.6 Å². The highest BCUT2D eigenvalue weighted by molar-refractivity contribution is 5.94. The molecule has 1 aromatic carbocycles. The SMILES string of the molecule is CC(Cc1ccc(C(=O)N(C)CC2=CNCC=C2)cc1)NCC(O)C1=CC=CN(C)C1. The Kier molecular flexibility index (Phi) is 8.09. The molecule has 2 heterocycles. The van der Waals surface area contributed by atoms with Gasteiger partial charge in [-0.05, 0) is 54.5 Å². The quantitative estimate of drug-likeness (QED) is 0.569. The van der Waals surface area contributed by atoms with Gasteiger partial charge in [-0.1, -0.05) is 30.4 Å². The van der Waals surface area contributed by atoms with E-state index in [9.17, 15) is 9.90 Å². The molecule has 1 aromatic rings. The molecule has 0 saturated carbocycles. The first-order chi connectivity index (χ1) is 14.9. The van der Waals surface area contributed by atoms with E-state index in [4.69, 9.17) is 0 Å². The van der Waals surface area contributed by atoms with Crippen LogP contribution in [0.4, 0.5) is 0 Å². The second kappa shape index (κ2) is 11.0. The highest BCUT2D eigenvalue weighted by Crippen LogP contribution is 2.12. The number of nitrogens with zero attached hydrogens (tertiary/aromatic N) is 2. The highest BCUT2D eigenvalue weighted by atomic mass is 16.3. The van der Waals surface area contributed by atoms with Crippen LogP contribution in [0.3, 0.4) is 0 Å². The van der Waals surface area contributed by atoms with Crippen molar-refractivity contribution in [2.45, 2.75) is 25.5 Å². The number of aliphatic hydroxyl groups is 1. The Morgan fingerprint density at radius 2 is 2.10 bits per heavy atom. The zero-order valence-corrected chi connectivity index (χ0v) is 18.7. The van der Waals surface area contributed by atoms with Gasteiger partial charge >= 0.3 is 0 Å². The summed E-state index contributed by atoms with van der Waals surface area (Å²) in [5.74, 6) is 0.0143. The molecule has 3 N–H and O–H groups in total. The number of carbonyl (C=O) groups excluding carboxylic acids is 1. The highest BCUT2D eigenvalue weighted by Gasteiger charge is 2.16. The number of hydrogen-bond donors (Lipinski definition) is 3. The number of benzene rings is 1. The predicted molar refractivity (Wildman–Crippen MR) is 126 cm³/mol. The molecule has 0 aromatic heterocycles. The molecule has 0 spiro atoms. The van der Waals surface area contributed by atoms with Crippen LogP contribution in [0.25, 0.3) is 0 Å². The average molecular weight is 423 g/mol. The Balaban J connectivity index is 1.46. The molecule has 2 atom stereocenters. The number of carbonyl (C=O) groups is 1. The Labute approximate surface area is 185 Å². The van der Waals surface area contributed by atoms with Gasteiger partial charge in [-0.3, -0.25) is 4.79 Å². The van der Waals surface area contributed by atoms with Gasteiger partial charge in [-0.15, -0.1) is 0 Å². The van der Waals surface area contributed by atoms with Gasteiger partial charge in [0, 0.05) is 58.1 Å². The lowest BCUT2D eigenvalue weighted by atomic mass is 10.0. The minimum Gasteiger partial charge on any atom is -0.387 e. The monoisotopic (exact) mass is 422 g/mol. The van der Waals surface area contributed by atoms with Crippen molar-refractivity contribution < 1.29 is 9.90 Å². The van der Waals surface area contributed by atoms with Gasteiger partial charge in [0.1, 0.15) is 0 Å². The summed E-state index contributed by atoms with van der Waals surface area (Å²) in [4.78, 5) is 16.5. The molecule has 0 fully saturated rings. The van der Waals surface area contributed by atoms with Crippen molar-refractivity contribution in [2.24, 2.45) is 0 Å². The lowest BCUT2D eigenvalue weighted by molar-refractivity contribution is 0.0807. The minimum atomic E-state index is -0.491. The van der Waals surface area contributed by atoms with Crippen LogP contribution in [0.2, 0.25) is 0 Å². The molecule has 0 aliphatic carbocycles. The molecule has 2 unspecified atom stereocenters. The number of dihydropyridines is 1. The second-order valence-electron chi connectivity index (χ2n) is 8.42. The van der Waals surface area contributed by atoms with E-state index in [1.165, 1.54) is 0 Å². The van der Waals surface area contributed by atoms with E-state index in [1.807, 2.05) is 62.9 Å².